The fraction of sp³-hybridized carbons (Fsp3) is 0.286. The number of unbranched alkanes of at least 4 members (excludes halogenated alkanes) is 1. The average molecular weight is 344 g/mol. The minimum absolute atomic E-state index is 0.235. The van der Waals surface area contributed by atoms with Crippen LogP contribution >= 0.6 is 11.6 Å². The van der Waals surface area contributed by atoms with Crippen LogP contribution in [-0.2, 0) is 0 Å². The molecule has 0 unspecified atom stereocenters. The van der Waals surface area contributed by atoms with Gasteiger partial charge in [-0.05, 0) is 73.2 Å². The number of pyridine rings is 1. The van der Waals surface area contributed by atoms with Gasteiger partial charge in [0.05, 0.1) is 5.02 Å². The van der Waals surface area contributed by atoms with E-state index in [2.05, 4.69) is 24.6 Å². The largest absolute Gasteiger partial charge is 0.259 e. The quantitative estimate of drug-likeness (QED) is 0.553. The molecule has 0 saturated carbocycles. The summed E-state index contributed by atoms with van der Waals surface area (Å²) in [6.45, 7) is 9.82. The van der Waals surface area contributed by atoms with Gasteiger partial charge in [0.25, 0.3) is 0 Å². The highest BCUT2D eigenvalue weighted by Gasteiger charge is 2.09. The maximum atomic E-state index is 14.0. The number of benzene rings is 1. The number of hydrogen-bond acceptors (Lipinski definition) is 1. The molecule has 24 heavy (non-hydrogen) atoms. The fourth-order valence-corrected chi connectivity index (χ4v) is 2.74. The number of rotatable bonds is 6. The first-order chi connectivity index (χ1) is 11.4. The molecular formula is C21H23ClFN. The summed E-state index contributed by atoms with van der Waals surface area (Å²) in [5.74, 6) is -0.235. The Balaban J connectivity index is 2.52. The smallest absolute Gasteiger partial charge is 0.130 e. The van der Waals surface area contributed by atoms with Crippen molar-refractivity contribution < 1.29 is 4.39 Å². The van der Waals surface area contributed by atoms with Crippen LogP contribution in [0.4, 0.5) is 4.39 Å². The van der Waals surface area contributed by atoms with Gasteiger partial charge < -0.3 is 0 Å². The van der Waals surface area contributed by atoms with Crippen molar-refractivity contribution in [3.05, 3.63) is 70.3 Å². The third-order valence-corrected chi connectivity index (χ3v) is 4.23. The third-order valence-electron chi connectivity index (χ3n) is 4.02. The molecule has 0 radical (unpaired) electrons. The standard InChI is InChI=1S/C21H23ClFN/c1-5-6-7-16(10-18-11-19(22)13-24-15(18)4)17-8-9-21(23)20(12-17)14(2)3/h8-13H,2,5-7H2,1,3-4H3/b16-10-. The highest BCUT2D eigenvalue weighted by molar-refractivity contribution is 6.30. The summed E-state index contributed by atoms with van der Waals surface area (Å²) in [6.07, 6.45) is 6.84. The molecule has 2 aromatic rings. The van der Waals surface area contributed by atoms with E-state index in [1.807, 2.05) is 32.0 Å². The predicted octanol–water partition coefficient (Wildman–Crippen LogP) is 6.95. The lowest BCUT2D eigenvalue weighted by Crippen LogP contribution is -1.93. The van der Waals surface area contributed by atoms with E-state index in [0.717, 1.165) is 47.2 Å². The Morgan fingerprint density at radius 1 is 1.33 bits per heavy atom. The molecule has 1 heterocycles. The van der Waals surface area contributed by atoms with Crippen LogP contribution in [0, 0.1) is 12.7 Å². The Kier molecular flexibility index (Phi) is 6.33. The highest BCUT2D eigenvalue weighted by atomic mass is 35.5. The summed E-state index contributed by atoms with van der Waals surface area (Å²) in [6, 6.07) is 7.14. The summed E-state index contributed by atoms with van der Waals surface area (Å²) < 4.78 is 14.0. The minimum atomic E-state index is -0.235. The lowest BCUT2D eigenvalue weighted by atomic mass is 9.94. The predicted molar refractivity (Wildman–Crippen MR) is 102 cm³/mol. The first-order valence-electron chi connectivity index (χ1n) is 8.21. The molecule has 0 atom stereocenters. The molecular weight excluding hydrogens is 321 g/mol. The van der Waals surface area contributed by atoms with E-state index in [4.69, 9.17) is 11.6 Å². The van der Waals surface area contributed by atoms with Gasteiger partial charge in [0, 0.05) is 17.5 Å². The molecule has 1 nitrogen and oxygen atoms in total. The van der Waals surface area contributed by atoms with Crippen molar-refractivity contribution in [2.45, 2.75) is 40.0 Å². The molecule has 0 N–H and O–H groups in total. The number of allylic oxidation sites excluding steroid dienone is 2. The molecule has 1 aromatic carbocycles. The molecule has 0 aliphatic rings. The summed E-state index contributed by atoms with van der Waals surface area (Å²) >= 11 is 6.09. The average Bonchev–Trinajstić information content (AvgIpc) is 2.55. The lowest BCUT2D eigenvalue weighted by Gasteiger charge is -2.12. The molecule has 0 saturated heterocycles. The topological polar surface area (TPSA) is 12.9 Å². The number of aryl methyl sites for hydroxylation is 1. The van der Waals surface area contributed by atoms with Gasteiger partial charge >= 0.3 is 0 Å². The molecule has 0 bridgehead atoms. The summed E-state index contributed by atoms with van der Waals surface area (Å²) in [5, 5.41) is 0.614. The Hall–Kier alpha value is -1.93. The van der Waals surface area contributed by atoms with Crippen LogP contribution in [-0.4, -0.2) is 4.98 Å². The SMILES string of the molecule is C=C(C)c1cc(/C(=C\c2cc(Cl)cnc2C)CCCC)ccc1F. The van der Waals surface area contributed by atoms with E-state index in [0.29, 0.717) is 10.6 Å². The number of hydrogen-bond donors (Lipinski definition) is 0. The van der Waals surface area contributed by atoms with Crippen molar-refractivity contribution in [2.24, 2.45) is 0 Å². The lowest BCUT2D eigenvalue weighted by molar-refractivity contribution is 0.624. The highest BCUT2D eigenvalue weighted by Crippen LogP contribution is 2.28. The molecule has 2 rings (SSSR count). The Labute approximate surface area is 148 Å². The summed E-state index contributed by atoms with van der Waals surface area (Å²) in [5.41, 5.74) is 5.39. The van der Waals surface area contributed by atoms with Crippen molar-refractivity contribution in [3.63, 3.8) is 0 Å². The van der Waals surface area contributed by atoms with Crippen molar-refractivity contribution in [3.8, 4) is 0 Å². The van der Waals surface area contributed by atoms with Gasteiger partial charge in [0.15, 0.2) is 0 Å². The fourth-order valence-electron chi connectivity index (χ4n) is 2.58. The van der Waals surface area contributed by atoms with Crippen LogP contribution in [0.3, 0.4) is 0 Å². The molecule has 1 aromatic heterocycles. The van der Waals surface area contributed by atoms with Gasteiger partial charge in [-0.25, -0.2) is 4.39 Å². The van der Waals surface area contributed by atoms with Gasteiger partial charge in [-0.2, -0.15) is 0 Å². The third kappa shape index (κ3) is 4.55. The molecule has 126 valence electrons. The number of aromatic nitrogens is 1. The van der Waals surface area contributed by atoms with Gasteiger partial charge in [0.2, 0.25) is 0 Å². The van der Waals surface area contributed by atoms with Crippen LogP contribution in [0.2, 0.25) is 5.02 Å². The molecule has 0 amide bonds. The van der Waals surface area contributed by atoms with Crippen LogP contribution in [0.1, 0.15) is 55.5 Å². The van der Waals surface area contributed by atoms with Crippen molar-refractivity contribution >= 4 is 28.8 Å². The molecule has 0 aliphatic heterocycles. The number of halogens is 2. The normalized spacial score (nSPS) is 11.6. The minimum Gasteiger partial charge on any atom is -0.259 e. The molecule has 0 spiro atoms. The zero-order chi connectivity index (χ0) is 17.7. The first kappa shape index (κ1) is 18.4. The van der Waals surface area contributed by atoms with Crippen LogP contribution in [0.25, 0.3) is 17.2 Å². The van der Waals surface area contributed by atoms with E-state index in [1.54, 1.807) is 6.20 Å². The van der Waals surface area contributed by atoms with Gasteiger partial charge in [-0.3, -0.25) is 4.98 Å². The second kappa shape index (κ2) is 8.25. The maximum Gasteiger partial charge on any atom is 0.130 e. The maximum absolute atomic E-state index is 14.0. The Morgan fingerprint density at radius 2 is 2.08 bits per heavy atom. The second-order valence-electron chi connectivity index (χ2n) is 6.08. The Morgan fingerprint density at radius 3 is 2.75 bits per heavy atom. The van der Waals surface area contributed by atoms with Crippen LogP contribution < -0.4 is 0 Å². The van der Waals surface area contributed by atoms with Crippen molar-refractivity contribution in [2.75, 3.05) is 0 Å². The van der Waals surface area contributed by atoms with E-state index in [-0.39, 0.29) is 5.82 Å². The van der Waals surface area contributed by atoms with E-state index < -0.39 is 0 Å². The monoisotopic (exact) mass is 343 g/mol. The second-order valence-corrected chi connectivity index (χ2v) is 6.51. The van der Waals surface area contributed by atoms with Gasteiger partial charge in [0.1, 0.15) is 5.82 Å². The molecule has 0 aliphatic carbocycles. The zero-order valence-electron chi connectivity index (χ0n) is 14.5. The van der Waals surface area contributed by atoms with Gasteiger partial charge in [-0.15, -0.1) is 0 Å². The Bertz CT molecular complexity index is 777. The van der Waals surface area contributed by atoms with Crippen LogP contribution in [0.15, 0.2) is 37.0 Å². The molecule has 0 fully saturated rings. The van der Waals surface area contributed by atoms with Gasteiger partial charge in [-0.1, -0.05) is 37.6 Å². The molecule has 3 heteroatoms. The van der Waals surface area contributed by atoms with E-state index in [1.165, 1.54) is 6.07 Å². The van der Waals surface area contributed by atoms with E-state index >= 15 is 0 Å². The number of nitrogens with zero attached hydrogens (tertiary/aromatic N) is 1. The summed E-state index contributed by atoms with van der Waals surface area (Å²) in [7, 11) is 0. The van der Waals surface area contributed by atoms with Crippen molar-refractivity contribution in [1.29, 1.82) is 0 Å². The van der Waals surface area contributed by atoms with Crippen molar-refractivity contribution in [1.82, 2.24) is 4.98 Å². The zero-order valence-corrected chi connectivity index (χ0v) is 15.3. The van der Waals surface area contributed by atoms with E-state index in [9.17, 15) is 4.39 Å². The van der Waals surface area contributed by atoms with Crippen LogP contribution in [0.5, 0.6) is 0 Å². The first-order valence-corrected chi connectivity index (χ1v) is 8.58. The summed E-state index contributed by atoms with van der Waals surface area (Å²) in [4.78, 5) is 4.31.